The molecular formula is C15H17F3N4O2. The predicted molar refractivity (Wildman–Crippen MR) is 80.4 cm³/mol. The summed E-state index contributed by atoms with van der Waals surface area (Å²) in [5.74, 6) is -0.512. The van der Waals surface area contributed by atoms with E-state index in [0.717, 1.165) is 10.2 Å². The van der Waals surface area contributed by atoms with Crippen molar-refractivity contribution in [1.29, 1.82) is 0 Å². The van der Waals surface area contributed by atoms with E-state index in [9.17, 15) is 22.8 Å². The lowest BCUT2D eigenvalue weighted by Gasteiger charge is -2.07. The Labute approximate surface area is 135 Å². The number of nitrogens with zero attached hydrogens (tertiary/aromatic N) is 3. The summed E-state index contributed by atoms with van der Waals surface area (Å²) in [6.07, 6.45) is -3.89. The van der Waals surface area contributed by atoms with Crippen molar-refractivity contribution in [2.24, 2.45) is 0 Å². The predicted octanol–water partition coefficient (Wildman–Crippen LogP) is 1.27. The number of alkyl halides is 3. The van der Waals surface area contributed by atoms with Crippen LogP contribution in [0.1, 0.15) is 11.4 Å². The van der Waals surface area contributed by atoms with Crippen molar-refractivity contribution in [2.75, 3.05) is 6.54 Å². The summed E-state index contributed by atoms with van der Waals surface area (Å²) in [4.78, 5) is 23.7. The number of hydrogen-bond acceptors (Lipinski definition) is 3. The molecule has 0 bridgehead atoms. The van der Waals surface area contributed by atoms with Gasteiger partial charge in [-0.05, 0) is 18.9 Å². The molecule has 2 aromatic rings. The molecule has 130 valence electrons. The van der Waals surface area contributed by atoms with Crippen LogP contribution >= 0.6 is 0 Å². The fourth-order valence-electron chi connectivity index (χ4n) is 2.19. The van der Waals surface area contributed by atoms with Crippen molar-refractivity contribution in [1.82, 2.24) is 19.7 Å². The largest absolute Gasteiger partial charge is 0.405 e. The fraction of sp³-hybridized carbons (Fsp3) is 0.400. The summed E-state index contributed by atoms with van der Waals surface area (Å²) in [6, 6.07) is 9.52. The average Bonchev–Trinajstić information content (AvgIpc) is 2.78. The normalized spacial score (nSPS) is 11.5. The molecule has 1 amide bonds. The van der Waals surface area contributed by atoms with Gasteiger partial charge in [0.05, 0.1) is 0 Å². The van der Waals surface area contributed by atoms with Gasteiger partial charge in [-0.25, -0.2) is 9.48 Å². The average molecular weight is 342 g/mol. The highest BCUT2D eigenvalue weighted by Gasteiger charge is 2.27. The molecule has 1 heterocycles. The van der Waals surface area contributed by atoms with Crippen molar-refractivity contribution in [3.05, 3.63) is 52.2 Å². The first kappa shape index (κ1) is 17.8. The first-order valence-corrected chi connectivity index (χ1v) is 7.28. The van der Waals surface area contributed by atoms with Crippen LogP contribution < -0.4 is 11.0 Å². The van der Waals surface area contributed by atoms with Crippen LogP contribution in [0.4, 0.5) is 13.2 Å². The Hall–Kier alpha value is -2.58. The lowest BCUT2D eigenvalue weighted by Crippen LogP contribution is -2.38. The zero-order valence-electron chi connectivity index (χ0n) is 13.0. The smallest absolute Gasteiger partial charge is 0.345 e. The van der Waals surface area contributed by atoms with Gasteiger partial charge in [-0.2, -0.15) is 18.3 Å². The Morgan fingerprint density at radius 2 is 1.92 bits per heavy atom. The maximum Gasteiger partial charge on any atom is 0.405 e. The number of hydrogen-bond donors (Lipinski definition) is 1. The summed E-state index contributed by atoms with van der Waals surface area (Å²) in [5.41, 5.74) is 0.519. The topological polar surface area (TPSA) is 68.9 Å². The third-order valence-corrected chi connectivity index (χ3v) is 3.35. The number of carbonyl (C=O) groups is 1. The molecule has 0 aliphatic heterocycles. The standard InChI is InChI=1S/C15H17F3N4O2/c1-11-20-22(9-13(23)19-10-15(16,17)18)14(24)21(11)8-7-12-5-3-2-4-6-12/h2-6H,7-10H2,1H3,(H,19,23). The van der Waals surface area contributed by atoms with Crippen molar-refractivity contribution in [3.63, 3.8) is 0 Å². The quantitative estimate of drug-likeness (QED) is 0.860. The third kappa shape index (κ3) is 4.97. The molecule has 0 atom stereocenters. The maximum atomic E-state index is 12.2. The molecule has 0 radical (unpaired) electrons. The molecule has 0 aliphatic carbocycles. The van der Waals surface area contributed by atoms with Gasteiger partial charge >= 0.3 is 11.9 Å². The van der Waals surface area contributed by atoms with Crippen LogP contribution in [0, 0.1) is 6.92 Å². The Kier molecular flexibility index (Phi) is 5.42. The van der Waals surface area contributed by atoms with Gasteiger partial charge < -0.3 is 5.32 Å². The molecular weight excluding hydrogens is 325 g/mol. The monoisotopic (exact) mass is 342 g/mol. The summed E-state index contributed by atoms with van der Waals surface area (Å²) in [7, 11) is 0. The fourth-order valence-corrected chi connectivity index (χ4v) is 2.19. The Morgan fingerprint density at radius 1 is 1.25 bits per heavy atom. The van der Waals surface area contributed by atoms with Gasteiger partial charge in [-0.15, -0.1) is 0 Å². The molecule has 1 aromatic carbocycles. The second-order valence-corrected chi connectivity index (χ2v) is 5.27. The van der Waals surface area contributed by atoms with Gasteiger partial charge in [-0.1, -0.05) is 30.3 Å². The van der Waals surface area contributed by atoms with E-state index in [1.54, 1.807) is 12.2 Å². The first-order chi connectivity index (χ1) is 11.3. The molecule has 0 aliphatic rings. The Balaban J connectivity index is 2.00. The molecule has 0 saturated heterocycles. The van der Waals surface area contributed by atoms with Gasteiger partial charge in [0.15, 0.2) is 0 Å². The van der Waals surface area contributed by atoms with Crippen LogP contribution in [-0.4, -0.2) is 33.0 Å². The van der Waals surface area contributed by atoms with Gasteiger partial charge in [-0.3, -0.25) is 9.36 Å². The van der Waals surface area contributed by atoms with Gasteiger partial charge in [0.2, 0.25) is 5.91 Å². The zero-order chi connectivity index (χ0) is 17.7. The van der Waals surface area contributed by atoms with E-state index in [2.05, 4.69) is 5.10 Å². The summed E-state index contributed by atoms with van der Waals surface area (Å²) < 4.78 is 38.4. The summed E-state index contributed by atoms with van der Waals surface area (Å²) in [6.45, 7) is -0.00225. The highest BCUT2D eigenvalue weighted by atomic mass is 19.4. The lowest BCUT2D eigenvalue weighted by atomic mass is 10.1. The number of nitrogens with one attached hydrogen (secondary N) is 1. The molecule has 1 N–H and O–H groups in total. The molecule has 0 fully saturated rings. The van der Waals surface area contributed by atoms with Crippen LogP contribution in [0.5, 0.6) is 0 Å². The zero-order valence-corrected chi connectivity index (χ0v) is 13.0. The molecule has 6 nitrogen and oxygen atoms in total. The Morgan fingerprint density at radius 3 is 2.54 bits per heavy atom. The minimum Gasteiger partial charge on any atom is -0.345 e. The number of rotatable bonds is 6. The molecule has 2 rings (SSSR count). The second-order valence-electron chi connectivity index (χ2n) is 5.27. The molecule has 0 unspecified atom stereocenters. The van der Waals surface area contributed by atoms with E-state index in [1.807, 2.05) is 30.3 Å². The van der Waals surface area contributed by atoms with E-state index in [4.69, 9.17) is 0 Å². The number of aromatic nitrogens is 3. The minimum atomic E-state index is -4.49. The SMILES string of the molecule is Cc1nn(CC(=O)NCC(F)(F)F)c(=O)n1CCc1ccccc1. The van der Waals surface area contributed by atoms with Gasteiger partial charge in [0.1, 0.15) is 18.9 Å². The Bertz CT molecular complexity index is 750. The number of halogens is 3. The van der Waals surface area contributed by atoms with Crippen molar-refractivity contribution in [2.45, 2.75) is 32.6 Å². The highest BCUT2D eigenvalue weighted by molar-refractivity contribution is 5.75. The van der Waals surface area contributed by atoms with E-state index in [-0.39, 0.29) is 0 Å². The van der Waals surface area contributed by atoms with Crippen molar-refractivity contribution in [3.8, 4) is 0 Å². The van der Waals surface area contributed by atoms with Crippen LogP contribution in [0.25, 0.3) is 0 Å². The van der Waals surface area contributed by atoms with Crippen LogP contribution in [-0.2, 0) is 24.3 Å². The van der Waals surface area contributed by atoms with E-state index in [1.165, 1.54) is 4.57 Å². The number of aryl methyl sites for hydroxylation is 2. The molecule has 0 spiro atoms. The first-order valence-electron chi connectivity index (χ1n) is 7.28. The van der Waals surface area contributed by atoms with E-state index >= 15 is 0 Å². The minimum absolute atomic E-state index is 0.374. The van der Waals surface area contributed by atoms with Crippen molar-refractivity contribution >= 4 is 5.91 Å². The summed E-state index contributed by atoms with van der Waals surface area (Å²) >= 11 is 0. The highest BCUT2D eigenvalue weighted by Crippen LogP contribution is 2.12. The maximum absolute atomic E-state index is 12.2. The van der Waals surface area contributed by atoms with Crippen LogP contribution in [0.2, 0.25) is 0 Å². The molecule has 1 aromatic heterocycles. The molecule has 0 saturated carbocycles. The lowest BCUT2D eigenvalue weighted by molar-refractivity contribution is -0.138. The van der Waals surface area contributed by atoms with Gasteiger partial charge in [0.25, 0.3) is 0 Å². The van der Waals surface area contributed by atoms with Crippen LogP contribution in [0.3, 0.4) is 0 Å². The van der Waals surface area contributed by atoms with Crippen molar-refractivity contribution < 1.29 is 18.0 Å². The number of amides is 1. The van der Waals surface area contributed by atoms with E-state index in [0.29, 0.717) is 18.8 Å². The molecule has 24 heavy (non-hydrogen) atoms. The second kappa shape index (κ2) is 7.33. The van der Waals surface area contributed by atoms with E-state index < -0.39 is 30.9 Å². The summed E-state index contributed by atoms with van der Waals surface area (Å²) in [5, 5.41) is 5.64. The third-order valence-electron chi connectivity index (χ3n) is 3.35. The number of carbonyl (C=O) groups excluding carboxylic acids is 1. The number of benzene rings is 1. The van der Waals surface area contributed by atoms with Crippen LogP contribution in [0.15, 0.2) is 35.1 Å². The molecule has 9 heteroatoms. The van der Waals surface area contributed by atoms with Gasteiger partial charge in [0, 0.05) is 6.54 Å².